The topological polar surface area (TPSA) is 233 Å². The molecule has 0 unspecified atom stereocenters. The largest absolute Gasteiger partial charge is 0.454 e. The fraction of sp³-hybridized carbons (Fsp3) is 0.393. The third kappa shape index (κ3) is 6.22. The van der Waals surface area contributed by atoms with Crippen molar-refractivity contribution in [3.05, 3.63) is 67.6 Å². The first-order chi connectivity index (χ1) is 22.2. The lowest BCUT2D eigenvalue weighted by molar-refractivity contribution is -0.0495. The molecule has 4 aromatic heterocycles. The van der Waals surface area contributed by atoms with Crippen molar-refractivity contribution in [2.75, 3.05) is 18.1 Å². The number of esters is 1. The molecular formula is C28H30N8O8S2. The normalized spacial score (nSPS) is 24.2. The van der Waals surface area contributed by atoms with E-state index in [4.69, 9.17) is 30.8 Å². The molecule has 0 amide bonds. The van der Waals surface area contributed by atoms with Crippen molar-refractivity contribution in [1.82, 2.24) is 29.1 Å². The molecule has 7 rings (SSSR count). The summed E-state index contributed by atoms with van der Waals surface area (Å²) in [4.78, 5) is 52.5. The molecule has 2 fully saturated rings. The minimum atomic E-state index is -0.871. The zero-order valence-electron chi connectivity index (χ0n) is 24.3. The van der Waals surface area contributed by atoms with E-state index in [1.807, 2.05) is 13.0 Å². The van der Waals surface area contributed by atoms with E-state index in [0.717, 1.165) is 29.1 Å². The summed E-state index contributed by atoms with van der Waals surface area (Å²) < 4.78 is 21.0. The monoisotopic (exact) mass is 670 g/mol. The minimum absolute atomic E-state index is 0.0465. The highest BCUT2D eigenvalue weighted by atomic mass is 32.1. The van der Waals surface area contributed by atoms with Gasteiger partial charge in [-0.25, -0.2) is 14.8 Å². The van der Waals surface area contributed by atoms with Crippen molar-refractivity contribution in [2.45, 2.75) is 63.1 Å². The van der Waals surface area contributed by atoms with E-state index in [9.17, 15) is 19.5 Å². The summed E-state index contributed by atoms with van der Waals surface area (Å²) in [6.45, 7) is 1.78. The van der Waals surface area contributed by atoms with Crippen LogP contribution in [-0.2, 0) is 14.2 Å². The molecule has 2 aliphatic rings. The van der Waals surface area contributed by atoms with Gasteiger partial charge in [0.1, 0.15) is 12.2 Å². The van der Waals surface area contributed by atoms with Crippen molar-refractivity contribution in [1.29, 1.82) is 0 Å². The van der Waals surface area contributed by atoms with Crippen LogP contribution in [0.3, 0.4) is 0 Å². The molecule has 6 heterocycles. The summed E-state index contributed by atoms with van der Waals surface area (Å²) in [5.41, 5.74) is 12.4. The Morgan fingerprint density at radius 1 is 0.935 bits per heavy atom. The van der Waals surface area contributed by atoms with Gasteiger partial charge in [0, 0.05) is 12.8 Å². The van der Waals surface area contributed by atoms with Crippen LogP contribution in [0.5, 0.6) is 0 Å². The van der Waals surface area contributed by atoms with Gasteiger partial charge in [0.25, 0.3) is 0 Å². The lowest BCUT2D eigenvalue weighted by atomic mass is 10.1. The summed E-state index contributed by atoms with van der Waals surface area (Å²) in [6, 6.07) is 8.73. The standard InChI is InChI=1S/C18H18N4O4S.C10H12N4O4S/c1-2-11-8-12(26-16(23)10-6-4-3-5-7-10)15(25-11)22-14-13(27-18(22)24)9-20-17(19)21-14;11-9-12-2-6-7(13-9)14(10(17)19-6)8-5(16)1-4(3-15)18-8/h3-7,9,11-12,15H,2,8H2,1H3,(H2,19,20,21);2,4-5,8,15-16H,1,3H2,(H2,11,12,13)/t11-,12-,15-;4-,5+,8+/m10/s1. The highest BCUT2D eigenvalue weighted by Gasteiger charge is 2.41. The molecule has 6 atom stereocenters. The lowest BCUT2D eigenvalue weighted by Gasteiger charge is -2.20. The Hall–Kier alpha value is -4.33. The third-order valence-corrected chi connectivity index (χ3v) is 9.26. The number of aliphatic hydroxyl groups excluding tert-OH is 2. The average Bonchev–Trinajstić information content (AvgIpc) is 3.79. The minimum Gasteiger partial charge on any atom is -0.454 e. The fourth-order valence-electron chi connectivity index (χ4n) is 5.32. The summed E-state index contributed by atoms with van der Waals surface area (Å²) in [6.07, 6.45) is 0.803. The maximum Gasteiger partial charge on any atom is 0.338 e. The molecule has 2 saturated heterocycles. The molecule has 6 N–H and O–H groups in total. The Kier molecular flexibility index (Phi) is 9.07. The van der Waals surface area contributed by atoms with Gasteiger partial charge in [0.15, 0.2) is 23.8 Å². The number of nitrogens with zero attached hydrogens (tertiary/aromatic N) is 6. The van der Waals surface area contributed by atoms with Crippen LogP contribution in [-0.4, -0.2) is 76.3 Å². The van der Waals surface area contributed by atoms with Crippen molar-refractivity contribution >= 4 is 61.2 Å². The van der Waals surface area contributed by atoms with E-state index in [-0.39, 0.29) is 40.8 Å². The van der Waals surface area contributed by atoms with Crippen LogP contribution >= 0.6 is 22.7 Å². The Morgan fingerprint density at radius 3 is 2.04 bits per heavy atom. The number of hydrogen-bond donors (Lipinski definition) is 4. The molecule has 0 radical (unpaired) electrons. The van der Waals surface area contributed by atoms with Gasteiger partial charge < -0.3 is 35.9 Å². The Balaban J connectivity index is 0.000000172. The summed E-state index contributed by atoms with van der Waals surface area (Å²) in [7, 11) is 0. The number of nitrogens with two attached hydrogens (primary N) is 2. The lowest BCUT2D eigenvalue weighted by Crippen LogP contribution is -2.30. The van der Waals surface area contributed by atoms with Gasteiger partial charge in [-0.15, -0.1) is 0 Å². The molecule has 18 heteroatoms. The number of aliphatic hydroxyl groups is 2. The molecule has 1 aromatic carbocycles. The zero-order chi connectivity index (χ0) is 32.5. The molecule has 2 aliphatic heterocycles. The number of anilines is 2. The number of hydrogen-bond acceptors (Lipinski definition) is 16. The molecule has 0 spiro atoms. The van der Waals surface area contributed by atoms with Crippen LogP contribution in [0.25, 0.3) is 20.7 Å². The number of ether oxygens (including phenoxy) is 3. The van der Waals surface area contributed by atoms with Crippen molar-refractivity contribution in [3.63, 3.8) is 0 Å². The van der Waals surface area contributed by atoms with Crippen LogP contribution in [0.4, 0.5) is 11.9 Å². The van der Waals surface area contributed by atoms with E-state index in [0.29, 0.717) is 32.7 Å². The van der Waals surface area contributed by atoms with Gasteiger partial charge in [0.05, 0.1) is 46.2 Å². The molecule has 0 saturated carbocycles. The van der Waals surface area contributed by atoms with Crippen LogP contribution in [0.1, 0.15) is 49.0 Å². The number of rotatable bonds is 6. The summed E-state index contributed by atoms with van der Waals surface area (Å²) in [5.74, 6) is -0.338. The van der Waals surface area contributed by atoms with Crippen molar-refractivity contribution < 1.29 is 29.2 Å². The van der Waals surface area contributed by atoms with Gasteiger partial charge in [0.2, 0.25) is 11.9 Å². The number of aromatic nitrogens is 6. The van der Waals surface area contributed by atoms with Gasteiger partial charge in [-0.1, -0.05) is 47.8 Å². The van der Waals surface area contributed by atoms with E-state index < -0.39 is 36.7 Å². The fourth-order valence-corrected chi connectivity index (χ4v) is 6.95. The van der Waals surface area contributed by atoms with E-state index in [1.54, 1.807) is 24.3 Å². The summed E-state index contributed by atoms with van der Waals surface area (Å²) >= 11 is 1.97. The molecule has 16 nitrogen and oxygen atoms in total. The first-order valence-electron chi connectivity index (χ1n) is 14.3. The number of thiazole rings is 2. The maximum absolute atomic E-state index is 12.6. The molecule has 0 aliphatic carbocycles. The molecular weight excluding hydrogens is 640 g/mol. The second kappa shape index (κ2) is 13.2. The van der Waals surface area contributed by atoms with Gasteiger partial charge in [-0.05, 0) is 18.6 Å². The highest BCUT2D eigenvalue weighted by molar-refractivity contribution is 7.16. The Bertz CT molecular complexity index is 1980. The number of carbonyl (C=O) groups excluding carboxylic acids is 1. The SMILES string of the molecule is CC[C@@H]1C[C@@H](OC(=O)c2ccccc2)[C@H](n2c(=O)sc3cnc(N)nc32)O1.Nc1ncc2sc(=O)n([C@@H]3O[C@H](CO)C[C@H]3O)c2n1. The first kappa shape index (κ1) is 31.6. The third-order valence-electron chi connectivity index (χ3n) is 7.50. The number of benzene rings is 1. The second-order valence-electron chi connectivity index (χ2n) is 10.5. The predicted octanol–water partition coefficient (Wildman–Crippen LogP) is 1.43. The van der Waals surface area contributed by atoms with Crippen molar-refractivity contribution in [2.24, 2.45) is 0 Å². The second-order valence-corrected chi connectivity index (χ2v) is 12.5. The van der Waals surface area contributed by atoms with E-state index in [1.165, 1.54) is 21.5 Å². The van der Waals surface area contributed by atoms with Crippen LogP contribution < -0.4 is 21.2 Å². The van der Waals surface area contributed by atoms with Crippen molar-refractivity contribution in [3.8, 4) is 0 Å². The number of carbonyl (C=O) groups is 1. The summed E-state index contributed by atoms with van der Waals surface area (Å²) in [5, 5.41) is 19.0. The molecule has 46 heavy (non-hydrogen) atoms. The van der Waals surface area contributed by atoms with Gasteiger partial charge in [-0.3, -0.25) is 18.7 Å². The highest BCUT2D eigenvalue weighted by Crippen LogP contribution is 2.35. The number of nitrogen functional groups attached to an aromatic ring is 2. The van der Waals surface area contributed by atoms with Crippen LogP contribution in [0, 0.1) is 0 Å². The Morgan fingerprint density at radius 2 is 1.50 bits per heavy atom. The van der Waals surface area contributed by atoms with Crippen LogP contribution in [0.2, 0.25) is 0 Å². The zero-order valence-corrected chi connectivity index (χ0v) is 26.0. The molecule has 0 bridgehead atoms. The van der Waals surface area contributed by atoms with Gasteiger partial charge in [-0.2, -0.15) is 9.97 Å². The predicted molar refractivity (Wildman–Crippen MR) is 168 cm³/mol. The smallest absolute Gasteiger partial charge is 0.338 e. The van der Waals surface area contributed by atoms with E-state index in [2.05, 4.69) is 19.9 Å². The average molecular weight is 671 g/mol. The van der Waals surface area contributed by atoms with E-state index >= 15 is 0 Å². The number of fused-ring (bicyclic) bond motifs is 2. The first-order valence-corrected chi connectivity index (χ1v) is 15.9. The van der Waals surface area contributed by atoms with Gasteiger partial charge >= 0.3 is 15.7 Å². The quantitative estimate of drug-likeness (QED) is 0.187. The maximum atomic E-state index is 12.6. The molecule has 242 valence electrons. The Labute approximate surface area is 267 Å². The van der Waals surface area contributed by atoms with Crippen LogP contribution in [0.15, 0.2) is 52.3 Å². The molecule has 5 aromatic rings.